The highest BCUT2D eigenvalue weighted by molar-refractivity contribution is 9.10. The maximum atomic E-state index is 13.8. The SMILES string of the molecule is CC1(C(Cl)c2cc(F)c(Br)cc2F)CCCO1. The lowest BCUT2D eigenvalue weighted by Crippen LogP contribution is -2.29. The van der Waals surface area contributed by atoms with Crippen molar-refractivity contribution in [2.24, 2.45) is 0 Å². The van der Waals surface area contributed by atoms with Crippen molar-refractivity contribution >= 4 is 27.5 Å². The van der Waals surface area contributed by atoms with Crippen LogP contribution in [-0.2, 0) is 4.74 Å². The number of hydrogen-bond acceptors (Lipinski definition) is 1. The van der Waals surface area contributed by atoms with Crippen molar-refractivity contribution < 1.29 is 13.5 Å². The van der Waals surface area contributed by atoms with Crippen molar-refractivity contribution in [3.63, 3.8) is 0 Å². The summed E-state index contributed by atoms with van der Waals surface area (Å²) in [6.07, 6.45) is 1.64. The number of alkyl halides is 1. The highest BCUT2D eigenvalue weighted by Gasteiger charge is 2.39. The van der Waals surface area contributed by atoms with Gasteiger partial charge in [0.15, 0.2) is 0 Å². The molecule has 0 aromatic heterocycles. The normalized spacial score (nSPS) is 26.2. The summed E-state index contributed by atoms with van der Waals surface area (Å²) in [5.74, 6) is -1.04. The molecule has 94 valence electrons. The van der Waals surface area contributed by atoms with Crippen LogP contribution in [0.2, 0.25) is 0 Å². The molecule has 0 amide bonds. The number of ether oxygens (including phenoxy) is 1. The molecular formula is C12H12BrClF2O. The van der Waals surface area contributed by atoms with Crippen LogP contribution in [0, 0.1) is 11.6 Å². The van der Waals surface area contributed by atoms with Crippen LogP contribution in [0.3, 0.4) is 0 Å². The fraction of sp³-hybridized carbons (Fsp3) is 0.500. The van der Waals surface area contributed by atoms with Crippen LogP contribution in [0.1, 0.15) is 30.7 Å². The predicted molar refractivity (Wildman–Crippen MR) is 66.2 cm³/mol. The lowest BCUT2D eigenvalue weighted by Gasteiger charge is -2.29. The molecule has 1 saturated heterocycles. The van der Waals surface area contributed by atoms with Gasteiger partial charge in [0, 0.05) is 12.2 Å². The molecule has 0 spiro atoms. The number of benzene rings is 1. The zero-order valence-corrected chi connectivity index (χ0v) is 11.6. The van der Waals surface area contributed by atoms with Crippen molar-refractivity contribution in [3.05, 3.63) is 33.8 Å². The third kappa shape index (κ3) is 2.49. The third-order valence-electron chi connectivity index (χ3n) is 3.10. The van der Waals surface area contributed by atoms with Crippen LogP contribution in [0.5, 0.6) is 0 Å². The number of hydrogen-bond donors (Lipinski definition) is 0. The van der Waals surface area contributed by atoms with Gasteiger partial charge in [-0.05, 0) is 47.8 Å². The second-order valence-corrected chi connectivity index (χ2v) is 5.71. The molecule has 5 heteroatoms. The van der Waals surface area contributed by atoms with Crippen molar-refractivity contribution in [3.8, 4) is 0 Å². The molecule has 0 bridgehead atoms. The summed E-state index contributed by atoms with van der Waals surface area (Å²) < 4.78 is 32.8. The topological polar surface area (TPSA) is 9.23 Å². The van der Waals surface area contributed by atoms with Crippen LogP contribution in [0.4, 0.5) is 8.78 Å². The molecule has 1 fully saturated rings. The Hall–Kier alpha value is -0.190. The largest absolute Gasteiger partial charge is 0.373 e. The first-order valence-electron chi connectivity index (χ1n) is 5.36. The van der Waals surface area contributed by atoms with Crippen LogP contribution in [-0.4, -0.2) is 12.2 Å². The van der Waals surface area contributed by atoms with E-state index in [0.717, 1.165) is 25.0 Å². The lowest BCUT2D eigenvalue weighted by molar-refractivity contribution is 0.0157. The van der Waals surface area contributed by atoms with E-state index in [2.05, 4.69) is 15.9 Å². The smallest absolute Gasteiger partial charge is 0.137 e. The van der Waals surface area contributed by atoms with E-state index in [1.54, 1.807) is 0 Å². The van der Waals surface area contributed by atoms with E-state index in [4.69, 9.17) is 16.3 Å². The van der Waals surface area contributed by atoms with Gasteiger partial charge in [0.2, 0.25) is 0 Å². The van der Waals surface area contributed by atoms with Gasteiger partial charge in [-0.2, -0.15) is 0 Å². The van der Waals surface area contributed by atoms with Gasteiger partial charge < -0.3 is 4.74 Å². The van der Waals surface area contributed by atoms with Crippen molar-refractivity contribution in [1.82, 2.24) is 0 Å². The first-order valence-corrected chi connectivity index (χ1v) is 6.59. The van der Waals surface area contributed by atoms with Crippen molar-refractivity contribution in [2.45, 2.75) is 30.7 Å². The first-order chi connectivity index (χ1) is 7.94. The summed E-state index contributed by atoms with van der Waals surface area (Å²) in [4.78, 5) is 0. The second kappa shape index (κ2) is 4.82. The van der Waals surface area contributed by atoms with E-state index in [-0.39, 0.29) is 10.0 Å². The molecule has 1 nitrogen and oxygen atoms in total. The molecule has 17 heavy (non-hydrogen) atoms. The van der Waals surface area contributed by atoms with Gasteiger partial charge >= 0.3 is 0 Å². The standard InChI is InChI=1S/C12H12BrClF2O/c1-12(3-2-4-17-12)11(14)7-5-10(16)8(13)6-9(7)15/h5-6,11H,2-4H2,1H3. The Morgan fingerprint density at radius 1 is 1.41 bits per heavy atom. The fourth-order valence-corrected chi connectivity index (χ4v) is 2.72. The third-order valence-corrected chi connectivity index (χ3v) is 4.40. The molecule has 0 radical (unpaired) electrons. The zero-order chi connectivity index (χ0) is 12.6. The van der Waals surface area contributed by atoms with Crippen LogP contribution in [0.15, 0.2) is 16.6 Å². The molecule has 1 aromatic carbocycles. The van der Waals surface area contributed by atoms with Crippen LogP contribution >= 0.6 is 27.5 Å². The Morgan fingerprint density at radius 2 is 2.12 bits per heavy atom. The maximum absolute atomic E-state index is 13.8. The van der Waals surface area contributed by atoms with E-state index in [0.29, 0.717) is 6.61 Å². The summed E-state index contributed by atoms with van der Waals surface area (Å²) >= 11 is 9.17. The number of rotatable bonds is 2. The van der Waals surface area contributed by atoms with Gasteiger partial charge in [-0.1, -0.05) is 0 Å². The van der Waals surface area contributed by atoms with Gasteiger partial charge in [-0.15, -0.1) is 11.6 Å². The summed E-state index contributed by atoms with van der Waals surface area (Å²) in [5, 5.41) is -0.687. The molecule has 1 aromatic rings. The van der Waals surface area contributed by atoms with Gasteiger partial charge in [-0.3, -0.25) is 0 Å². The quantitative estimate of drug-likeness (QED) is 0.571. The Balaban J connectivity index is 2.36. The minimum absolute atomic E-state index is 0.0973. The molecule has 1 aliphatic heterocycles. The zero-order valence-electron chi connectivity index (χ0n) is 9.27. The molecule has 2 unspecified atom stereocenters. The van der Waals surface area contributed by atoms with E-state index in [1.807, 2.05) is 6.92 Å². The fourth-order valence-electron chi connectivity index (χ4n) is 2.06. The van der Waals surface area contributed by atoms with Gasteiger partial charge in [-0.25, -0.2) is 8.78 Å². The molecule has 2 rings (SSSR count). The molecule has 1 aliphatic rings. The Labute approximate surface area is 112 Å². The highest BCUT2D eigenvalue weighted by Crippen LogP contribution is 2.43. The Bertz CT molecular complexity index is 433. The highest BCUT2D eigenvalue weighted by atomic mass is 79.9. The minimum atomic E-state index is -0.687. The Kier molecular flexibility index (Phi) is 3.76. The molecule has 2 atom stereocenters. The average Bonchev–Trinajstić information content (AvgIpc) is 2.71. The van der Waals surface area contributed by atoms with Crippen molar-refractivity contribution in [2.75, 3.05) is 6.61 Å². The van der Waals surface area contributed by atoms with E-state index in [1.165, 1.54) is 0 Å². The van der Waals surface area contributed by atoms with Crippen LogP contribution in [0.25, 0.3) is 0 Å². The summed E-state index contributed by atoms with van der Waals surface area (Å²) in [6, 6.07) is 2.22. The number of halogens is 4. The van der Waals surface area contributed by atoms with Crippen LogP contribution < -0.4 is 0 Å². The van der Waals surface area contributed by atoms with E-state index < -0.39 is 22.6 Å². The van der Waals surface area contributed by atoms with E-state index in [9.17, 15) is 8.78 Å². The summed E-state index contributed by atoms with van der Waals surface area (Å²) in [5.41, 5.74) is -0.473. The minimum Gasteiger partial charge on any atom is -0.373 e. The lowest BCUT2D eigenvalue weighted by atomic mass is 9.92. The van der Waals surface area contributed by atoms with E-state index >= 15 is 0 Å². The molecule has 1 heterocycles. The molecule has 0 N–H and O–H groups in total. The monoisotopic (exact) mass is 324 g/mol. The molecular weight excluding hydrogens is 313 g/mol. The first kappa shape index (κ1) is 13.2. The summed E-state index contributed by atoms with van der Waals surface area (Å²) in [7, 11) is 0. The molecule has 0 aliphatic carbocycles. The Morgan fingerprint density at radius 3 is 2.71 bits per heavy atom. The second-order valence-electron chi connectivity index (χ2n) is 4.42. The maximum Gasteiger partial charge on any atom is 0.137 e. The predicted octanol–water partition coefficient (Wildman–Crippen LogP) is 4.58. The van der Waals surface area contributed by atoms with Gasteiger partial charge in [0.05, 0.1) is 15.5 Å². The molecule has 0 saturated carbocycles. The van der Waals surface area contributed by atoms with Gasteiger partial charge in [0.25, 0.3) is 0 Å². The van der Waals surface area contributed by atoms with Crippen molar-refractivity contribution in [1.29, 1.82) is 0 Å². The van der Waals surface area contributed by atoms with Gasteiger partial charge in [0.1, 0.15) is 11.6 Å². The summed E-state index contributed by atoms with van der Waals surface area (Å²) in [6.45, 7) is 2.44. The average molecular weight is 326 g/mol.